The van der Waals surface area contributed by atoms with Gasteiger partial charge in [0.2, 0.25) is 0 Å². The fraction of sp³-hybridized carbons (Fsp3) is 0.0556. The number of amides is 1. The van der Waals surface area contributed by atoms with Gasteiger partial charge in [-0.05, 0) is 24.6 Å². The number of hydrogen-bond donors (Lipinski definition) is 2. The van der Waals surface area contributed by atoms with Crippen LogP contribution in [0.15, 0.2) is 60.8 Å². The van der Waals surface area contributed by atoms with E-state index in [4.69, 9.17) is 5.73 Å². The molecular weight excluding hydrogens is 288 g/mol. The number of benzene rings is 2. The van der Waals surface area contributed by atoms with E-state index in [9.17, 15) is 4.79 Å². The predicted molar refractivity (Wildman–Crippen MR) is 91.0 cm³/mol. The number of carbonyl (C=O) groups excluding carboxylic acids is 1. The summed E-state index contributed by atoms with van der Waals surface area (Å²) in [6, 6.07) is 16.9. The monoisotopic (exact) mass is 304 g/mol. The number of nitrogens with two attached hydrogens (primary N) is 1. The number of nitrogens with zero attached hydrogens (tertiary/aromatic N) is 2. The van der Waals surface area contributed by atoms with E-state index in [2.05, 4.69) is 15.3 Å². The lowest BCUT2D eigenvalue weighted by Crippen LogP contribution is -2.15. The number of hydrogen-bond acceptors (Lipinski definition) is 4. The van der Waals surface area contributed by atoms with Crippen molar-refractivity contribution >= 4 is 17.4 Å². The second-order valence-corrected chi connectivity index (χ2v) is 5.13. The summed E-state index contributed by atoms with van der Waals surface area (Å²) in [5.74, 6) is 0.341. The average Bonchev–Trinajstić information content (AvgIpc) is 2.56. The average molecular weight is 304 g/mol. The van der Waals surface area contributed by atoms with Gasteiger partial charge in [0.15, 0.2) is 5.82 Å². The van der Waals surface area contributed by atoms with Gasteiger partial charge in [-0.3, -0.25) is 4.79 Å². The van der Waals surface area contributed by atoms with Gasteiger partial charge in [-0.25, -0.2) is 9.97 Å². The molecule has 1 aromatic heterocycles. The van der Waals surface area contributed by atoms with E-state index in [-0.39, 0.29) is 17.3 Å². The van der Waals surface area contributed by atoms with Gasteiger partial charge >= 0.3 is 0 Å². The molecule has 23 heavy (non-hydrogen) atoms. The van der Waals surface area contributed by atoms with E-state index in [1.54, 1.807) is 12.1 Å². The van der Waals surface area contributed by atoms with Gasteiger partial charge < -0.3 is 11.1 Å². The van der Waals surface area contributed by atoms with Crippen molar-refractivity contribution in [2.24, 2.45) is 0 Å². The van der Waals surface area contributed by atoms with E-state index in [1.807, 2.05) is 49.4 Å². The van der Waals surface area contributed by atoms with Gasteiger partial charge in [0, 0.05) is 17.4 Å². The molecule has 5 nitrogen and oxygen atoms in total. The quantitative estimate of drug-likeness (QED) is 0.778. The molecule has 0 aliphatic carbocycles. The Morgan fingerprint density at radius 3 is 2.43 bits per heavy atom. The maximum absolute atomic E-state index is 12.3. The Labute approximate surface area is 134 Å². The fourth-order valence-electron chi connectivity index (χ4n) is 2.24. The molecule has 0 spiro atoms. The number of carbonyl (C=O) groups is 1. The minimum absolute atomic E-state index is 0.159. The molecule has 0 aliphatic heterocycles. The summed E-state index contributed by atoms with van der Waals surface area (Å²) < 4.78 is 0. The van der Waals surface area contributed by atoms with Crippen LogP contribution in [0.4, 0.5) is 11.5 Å². The van der Waals surface area contributed by atoms with E-state index in [0.717, 1.165) is 11.1 Å². The van der Waals surface area contributed by atoms with Gasteiger partial charge in [-0.15, -0.1) is 0 Å². The minimum Gasteiger partial charge on any atom is -0.383 e. The highest BCUT2D eigenvalue weighted by Crippen LogP contribution is 2.21. The van der Waals surface area contributed by atoms with Crippen molar-refractivity contribution in [2.45, 2.75) is 6.92 Å². The van der Waals surface area contributed by atoms with Crippen molar-refractivity contribution < 1.29 is 4.79 Å². The molecule has 1 heterocycles. The molecule has 3 N–H and O–H groups in total. The molecular formula is C18H16N4O. The van der Waals surface area contributed by atoms with Crippen molar-refractivity contribution in [3.05, 3.63) is 71.9 Å². The smallest absolute Gasteiger partial charge is 0.260 e. The van der Waals surface area contributed by atoms with Crippen LogP contribution in [0.25, 0.3) is 11.4 Å². The van der Waals surface area contributed by atoms with Crippen molar-refractivity contribution in [1.82, 2.24) is 9.97 Å². The normalized spacial score (nSPS) is 10.3. The Balaban J connectivity index is 1.88. The maximum atomic E-state index is 12.3. The van der Waals surface area contributed by atoms with Crippen molar-refractivity contribution in [3.8, 4) is 11.4 Å². The molecule has 3 rings (SSSR count). The SMILES string of the molecule is Cc1ccccc1-c1ncc(C(=O)Nc2ccccc2)c(N)n1. The number of nitrogen functional groups attached to an aromatic ring is 1. The number of para-hydroxylation sites is 1. The third-order valence-electron chi connectivity index (χ3n) is 3.48. The van der Waals surface area contributed by atoms with Gasteiger partial charge in [-0.2, -0.15) is 0 Å². The predicted octanol–water partition coefficient (Wildman–Crippen LogP) is 3.29. The zero-order chi connectivity index (χ0) is 16.2. The first-order valence-corrected chi connectivity index (χ1v) is 7.20. The largest absolute Gasteiger partial charge is 0.383 e. The Kier molecular flexibility index (Phi) is 4.01. The topological polar surface area (TPSA) is 80.9 Å². The van der Waals surface area contributed by atoms with Crippen LogP contribution in [0.3, 0.4) is 0 Å². The lowest BCUT2D eigenvalue weighted by molar-refractivity contribution is 0.102. The minimum atomic E-state index is -0.329. The van der Waals surface area contributed by atoms with Gasteiger partial charge in [0.25, 0.3) is 5.91 Å². The molecule has 0 unspecified atom stereocenters. The number of aromatic nitrogens is 2. The van der Waals surface area contributed by atoms with Crippen LogP contribution in [-0.2, 0) is 0 Å². The number of nitrogens with one attached hydrogen (secondary N) is 1. The molecule has 3 aromatic rings. The van der Waals surface area contributed by atoms with Crippen LogP contribution < -0.4 is 11.1 Å². The summed E-state index contributed by atoms with van der Waals surface area (Å²) in [4.78, 5) is 20.8. The highest BCUT2D eigenvalue weighted by molar-refractivity contribution is 6.07. The van der Waals surface area contributed by atoms with Crippen LogP contribution in [0.5, 0.6) is 0 Å². The molecule has 1 amide bonds. The van der Waals surface area contributed by atoms with Crippen molar-refractivity contribution in [3.63, 3.8) is 0 Å². The fourth-order valence-corrected chi connectivity index (χ4v) is 2.24. The number of aryl methyl sites for hydroxylation is 1. The Bertz CT molecular complexity index is 847. The molecule has 0 aliphatic rings. The molecule has 0 bridgehead atoms. The highest BCUT2D eigenvalue weighted by atomic mass is 16.1. The lowest BCUT2D eigenvalue weighted by atomic mass is 10.1. The molecule has 0 atom stereocenters. The van der Waals surface area contributed by atoms with Crippen molar-refractivity contribution in [2.75, 3.05) is 11.1 Å². The van der Waals surface area contributed by atoms with Crippen molar-refractivity contribution in [1.29, 1.82) is 0 Å². The standard InChI is InChI=1S/C18H16N4O/c1-12-7-5-6-10-14(12)17-20-11-15(16(19)22-17)18(23)21-13-8-3-2-4-9-13/h2-11H,1H3,(H,21,23)(H2,19,20,22). The van der Waals surface area contributed by atoms with E-state index < -0.39 is 0 Å². The summed E-state index contributed by atoms with van der Waals surface area (Å²) in [6.07, 6.45) is 1.46. The summed E-state index contributed by atoms with van der Waals surface area (Å²) in [5, 5.41) is 2.77. The molecule has 0 radical (unpaired) electrons. The van der Waals surface area contributed by atoms with E-state index >= 15 is 0 Å². The molecule has 0 fully saturated rings. The van der Waals surface area contributed by atoms with E-state index in [1.165, 1.54) is 6.20 Å². The summed E-state index contributed by atoms with van der Waals surface area (Å²) in [7, 11) is 0. The zero-order valence-electron chi connectivity index (χ0n) is 12.7. The van der Waals surface area contributed by atoms with Gasteiger partial charge in [-0.1, -0.05) is 42.5 Å². The summed E-state index contributed by atoms with van der Waals surface area (Å²) in [5.41, 5.74) is 8.85. The maximum Gasteiger partial charge on any atom is 0.260 e. The van der Waals surface area contributed by atoms with E-state index in [0.29, 0.717) is 11.5 Å². The van der Waals surface area contributed by atoms with Crippen LogP contribution in [0, 0.1) is 6.92 Å². The molecule has 114 valence electrons. The molecule has 0 saturated carbocycles. The van der Waals surface area contributed by atoms with Gasteiger partial charge in [0.05, 0.1) is 0 Å². The summed E-state index contributed by atoms with van der Waals surface area (Å²) in [6.45, 7) is 1.98. The number of anilines is 2. The lowest BCUT2D eigenvalue weighted by Gasteiger charge is -2.09. The first-order chi connectivity index (χ1) is 11.1. The zero-order valence-corrected chi connectivity index (χ0v) is 12.7. The Morgan fingerprint density at radius 1 is 1.04 bits per heavy atom. The second kappa shape index (κ2) is 6.27. The molecule has 0 saturated heterocycles. The van der Waals surface area contributed by atoms with Crippen LogP contribution in [0.2, 0.25) is 0 Å². The second-order valence-electron chi connectivity index (χ2n) is 5.13. The molecule has 5 heteroatoms. The first-order valence-electron chi connectivity index (χ1n) is 7.20. The summed E-state index contributed by atoms with van der Waals surface area (Å²) >= 11 is 0. The third kappa shape index (κ3) is 3.18. The first kappa shape index (κ1) is 14.7. The Morgan fingerprint density at radius 2 is 1.74 bits per heavy atom. The van der Waals surface area contributed by atoms with Crippen LogP contribution in [0.1, 0.15) is 15.9 Å². The third-order valence-corrected chi connectivity index (χ3v) is 3.48. The Hall–Kier alpha value is -3.21. The van der Waals surface area contributed by atoms with Crippen LogP contribution >= 0.6 is 0 Å². The van der Waals surface area contributed by atoms with Gasteiger partial charge in [0.1, 0.15) is 11.4 Å². The highest BCUT2D eigenvalue weighted by Gasteiger charge is 2.14. The van der Waals surface area contributed by atoms with Crippen LogP contribution in [-0.4, -0.2) is 15.9 Å². The molecule has 2 aromatic carbocycles. The number of rotatable bonds is 3.